The molecule has 2 aromatic rings. The Labute approximate surface area is 127 Å². The fraction of sp³-hybridized carbons (Fsp3) is 0.400. The molecule has 1 heterocycles. The van der Waals surface area contributed by atoms with Crippen LogP contribution in [0.2, 0.25) is 0 Å². The second-order valence-corrected chi connectivity index (χ2v) is 6.23. The summed E-state index contributed by atoms with van der Waals surface area (Å²) >= 11 is 3.59. The summed E-state index contributed by atoms with van der Waals surface area (Å²) < 4.78 is 3.31. The van der Waals surface area contributed by atoms with Gasteiger partial charge in [-0.25, -0.2) is 4.98 Å². The molecule has 106 valence electrons. The molecule has 1 atom stereocenters. The van der Waals surface area contributed by atoms with Crippen LogP contribution in [0, 0.1) is 6.92 Å². The number of aromatic nitrogens is 2. The highest BCUT2D eigenvalue weighted by atomic mass is 79.9. The Morgan fingerprint density at radius 3 is 3.00 bits per heavy atom. The third-order valence-electron chi connectivity index (χ3n) is 3.68. The molecular formula is C15H19BrN4. The van der Waals surface area contributed by atoms with E-state index in [0.29, 0.717) is 12.6 Å². The predicted molar refractivity (Wildman–Crippen MR) is 84.8 cm³/mol. The van der Waals surface area contributed by atoms with Gasteiger partial charge >= 0.3 is 0 Å². The average Bonchev–Trinajstić information content (AvgIpc) is 3.18. The zero-order chi connectivity index (χ0) is 14.1. The van der Waals surface area contributed by atoms with Crippen molar-refractivity contribution in [3.05, 3.63) is 46.5 Å². The topological polar surface area (TPSA) is 55.9 Å². The van der Waals surface area contributed by atoms with E-state index < -0.39 is 0 Å². The Balaban J connectivity index is 1.86. The smallest absolute Gasteiger partial charge is 0.0951 e. The molecule has 3 rings (SSSR count). The lowest BCUT2D eigenvalue weighted by atomic mass is 10.1. The summed E-state index contributed by atoms with van der Waals surface area (Å²) in [4.78, 5) is 4.29. The van der Waals surface area contributed by atoms with Gasteiger partial charge in [-0.05, 0) is 53.4 Å². The van der Waals surface area contributed by atoms with Gasteiger partial charge in [-0.2, -0.15) is 0 Å². The van der Waals surface area contributed by atoms with Crippen LogP contribution in [-0.4, -0.2) is 16.1 Å². The van der Waals surface area contributed by atoms with Crippen molar-refractivity contribution in [3.63, 3.8) is 0 Å². The van der Waals surface area contributed by atoms with Crippen molar-refractivity contribution in [2.45, 2.75) is 31.8 Å². The molecule has 1 aromatic carbocycles. The molecule has 3 N–H and O–H groups in total. The molecule has 20 heavy (non-hydrogen) atoms. The minimum Gasteiger partial charge on any atom is -0.375 e. The van der Waals surface area contributed by atoms with Gasteiger partial charge in [0.25, 0.3) is 0 Å². The van der Waals surface area contributed by atoms with Gasteiger partial charge in [0.15, 0.2) is 0 Å². The van der Waals surface area contributed by atoms with Crippen molar-refractivity contribution in [2.75, 3.05) is 11.9 Å². The summed E-state index contributed by atoms with van der Waals surface area (Å²) in [5.74, 6) is 0. The van der Waals surface area contributed by atoms with Crippen LogP contribution in [0.15, 0.2) is 35.2 Å². The Bertz CT molecular complexity index is 604. The van der Waals surface area contributed by atoms with Crippen LogP contribution in [0.4, 0.5) is 5.69 Å². The number of imidazole rings is 1. The molecule has 0 spiro atoms. The van der Waals surface area contributed by atoms with E-state index in [-0.39, 0.29) is 6.04 Å². The SMILES string of the molecule is Cc1ccc(Br)c(NC(CN)c2cncn2C2CC2)c1. The van der Waals surface area contributed by atoms with Gasteiger partial charge in [-0.3, -0.25) is 0 Å². The van der Waals surface area contributed by atoms with Gasteiger partial charge in [0, 0.05) is 22.7 Å². The Morgan fingerprint density at radius 1 is 1.50 bits per heavy atom. The maximum absolute atomic E-state index is 5.97. The predicted octanol–water partition coefficient (Wildman–Crippen LogP) is 3.40. The van der Waals surface area contributed by atoms with Crippen LogP contribution in [0.1, 0.15) is 36.2 Å². The first kappa shape index (κ1) is 13.6. The summed E-state index contributed by atoms with van der Waals surface area (Å²) in [5, 5.41) is 3.53. The van der Waals surface area contributed by atoms with Crippen molar-refractivity contribution in [1.29, 1.82) is 0 Å². The van der Waals surface area contributed by atoms with E-state index in [1.165, 1.54) is 24.1 Å². The summed E-state index contributed by atoms with van der Waals surface area (Å²) in [6, 6.07) is 6.97. The number of nitrogens with one attached hydrogen (secondary N) is 1. The van der Waals surface area contributed by atoms with Crippen LogP contribution in [-0.2, 0) is 0 Å². The normalized spacial score (nSPS) is 16.1. The van der Waals surface area contributed by atoms with Gasteiger partial charge in [0.05, 0.1) is 24.3 Å². The molecule has 1 aliphatic carbocycles. The molecule has 0 aliphatic heterocycles. The molecule has 4 nitrogen and oxygen atoms in total. The Kier molecular flexibility index (Phi) is 3.81. The monoisotopic (exact) mass is 334 g/mol. The van der Waals surface area contributed by atoms with E-state index in [9.17, 15) is 0 Å². The minimum absolute atomic E-state index is 0.0798. The van der Waals surface area contributed by atoms with Gasteiger partial charge in [0.1, 0.15) is 0 Å². The largest absolute Gasteiger partial charge is 0.375 e. The molecule has 1 aliphatic rings. The summed E-state index contributed by atoms with van der Waals surface area (Å²) in [6.45, 7) is 2.63. The number of hydrogen-bond acceptors (Lipinski definition) is 3. The number of halogens is 1. The van der Waals surface area contributed by atoms with E-state index >= 15 is 0 Å². The van der Waals surface area contributed by atoms with Gasteiger partial charge in [-0.15, -0.1) is 0 Å². The van der Waals surface area contributed by atoms with Crippen molar-refractivity contribution < 1.29 is 0 Å². The molecule has 1 aromatic heterocycles. The zero-order valence-corrected chi connectivity index (χ0v) is 13.1. The number of nitrogens with zero attached hydrogens (tertiary/aromatic N) is 2. The second-order valence-electron chi connectivity index (χ2n) is 5.37. The number of nitrogens with two attached hydrogens (primary N) is 1. The third kappa shape index (κ3) is 2.74. The quantitative estimate of drug-likeness (QED) is 0.880. The number of anilines is 1. The fourth-order valence-electron chi connectivity index (χ4n) is 2.43. The van der Waals surface area contributed by atoms with E-state index in [1.54, 1.807) is 0 Å². The first-order valence-corrected chi connectivity index (χ1v) is 7.73. The molecular weight excluding hydrogens is 316 g/mol. The highest BCUT2D eigenvalue weighted by Crippen LogP contribution is 2.37. The van der Waals surface area contributed by atoms with E-state index in [4.69, 9.17) is 5.73 Å². The van der Waals surface area contributed by atoms with Crippen molar-refractivity contribution in [2.24, 2.45) is 5.73 Å². The maximum Gasteiger partial charge on any atom is 0.0951 e. The van der Waals surface area contributed by atoms with E-state index in [1.807, 2.05) is 12.5 Å². The van der Waals surface area contributed by atoms with Crippen molar-refractivity contribution in [3.8, 4) is 0 Å². The number of aryl methyl sites for hydroxylation is 1. The summed E-state index contributed by atoms with van der Waals surface area (Å²) in [5.41, 5.74) is 9.44. The fourth-order valence-corrected chi connectivity index (χ4v) is 2.79. The zero-order valence-electron chi connectivity index (χ0n) is 11.5. The molecule has 1 fully saturated rings. The lowest BCUT2D eigenvalue weighted by Crippen LogP contribution is -2.23. The standard InChI is InChI=1S/C15H19BrN4/c1-10-2-5-12(16)13(6-10)19-14(7-17)15-8-18-9-20(15)11-3-4-11/h2,5-6,8-9,11,14,19H,3-4,7,17H2,1H3. The molecule has 5 heteroatoms. The maximum atomic E-state index is 5.97. The van der Waals surface area contributed by atoms with Gasteiger partial charge in [-0.1, -0.05) is 6.07 Å². The molecule has 0 saturated heterocycles. The number of benzene rings is 1. The molecule has 0 bridgehead atoms. The Hall–Kier alpha value is -1.33. The van der Waals surface area contributed by atoms with E-state index in [2.05, 4.69) is 55.9 Å². The second kappa shape index (κ2) is 5.58. The first-order valence-electron chi connectivity index (χ1n) is 6.93. The Morgan fingerprint density at radius 2 is 2.30 bits per heavy atom. The molecule has 1 saturated carbocycles. The van der Waals surface area contributed by atoms with Crippen molar-refractivity contribution in [1.82, 2.24) is 9.55 Å². The van der Waals surface area contributed by atoms with Crippen molar-refractivity contribution >= 4 is 21.6 Å². The molecule has 0 amide bonds. The number of rotatable bonds is 5. The number of hydrogen-bond donors (Lipinski definition) is 2. The minimum atomic E-state index is 0.0798. The van der Waals surface area contributed by atoms with Crippen LogP contribution < -0.4 is 11.1 Å². The van der Waals surface area contributed by atoms with Crippen LogP contribution >= 0.6 is 15.9 Å². The highest BCUT2D eigenvalue weighted by Gasteiger charge is 2.27. The first-order chi connectivity index (χ1) is 9.69. The van der Waals surface area contributed by atoms with Gasteiger partial charge < -0.3 is 15.6 Å². The van der Waals surface area contributed by atoms with Crippen LogP contribution in [0.5, 0.6) is 0 Å². The van der Waals surface area contributed by atoms with E-state index in [0.717, 1.165) is 10.2 Å². The highest BCUT2D eigenvalue weighted by molar-refractivity contribution is 9.10. The lowest BCUT2D eigenvalue weighted by Gasteiger charge is -2.21. The van der Waals surface area contributed by atoms with Crippen LogP contribution in [0.25, 0.3) is 0 Å². The lowest BCUT2D eigenvalue weighted by molar-refractivity contribution is 0.642. The molecule has 1 unspecified atom stereocenters. The average molecular weight is 335 g/mol. The van der Waals surface area contributed by atoms with Gasteiger partial charge in [0.2, 0.25) is 0 Å². The molecule has 0 radical (unpaired) electrons. The summed E-state index contributed by atoms with van der Waals surface area (Å²) in [6.07, 6.45) is 6.33. The van der Waals surface area contributed by atoms with Crippen LogP contribution in [0.3, 0.4) is 0 Å². The summed E-state index contributed by atoms with van der Waals surface area (Å²) in [7, 11) is 0. The third-order valence-corrected chi connectivity index (χ3v) is 4.37.